The van der Waals surface area contributed by atoms with E-state index in [1.807, 2.05) is 0 Å². The van der Waals surface area contributed by atoms with Crippen LogP contribution in [0.1, 0.15) is 128 Å². The van der Waals surface area contributed by atoms with Crippen molar-refractivity contribution in [2.45, 2.75) is 192 Å². The molecule has 304 valence electrons. The lowest BCUT2D eigenvalue weighted by molar-refractivity contribution is 0.0114. The van der Waals surface area contributed by atoms with Crippen LogP contribution >= 0.6 is 0 Å². The average Bonchev–Trinajstić information content (AvgIpc) is 3.83. The van der Waals surface area contributed by atoms with Crippen molar-refractivity contribution in [3.63, 3.8) is 0 Å². The van der Waals surface area contributed by atoms with Crippen LogP contribution in [-0.4, -0.2) is 179 Å². The Labute approximate surface area is 323 Å². The third-order valence-electron chi connectivity index (χ3n) is 14.3. The standard InChI is InChI=1S/C12H24N2.2C11H22N2.C10H20N2/c1-12(2,3)14-10-5-6-11(14)8-9(7-10)13-4;1-11(2,3)13-7-9-5-12(4)6-10(9)8-13;1-11(2,3)13-9-5-6-10(13)8-12(4)7-9;1-10(2,3)12-7-8-5-9(12)6-11(8)4/h9-11,13H,5-8H2,1-4H3;2*9-10H,5-8H2,1-4H3;8-9H,5-7H2,1-4H3. The Balaban J connectivity index is 0.000000134. The third-order valence-corrected chi connectivity index (χ3v) is 14.3. The highest BCUT2D eigenvalue weighted by molar-refractivity contribution is 5.04. The van der Waals surface area contributed by atoms with Gasteiger partial charge in [-0.1, -0.05) is 0 Å². The van der Waals surface area contributed by atoms with Gasteiger partial charge < -0.3 is 20.0 Å². The van der Waals surface area contributed by atoms with E-state index in [1.165, 1.54) is 97.3 Å². The van der Waals surface area contributed by atoms with Crippen LogP contribution in [0.25, 0.3) is 0 Å². The van der Waals surface area contributed by atoms with Gasteiger partial charge in [-0.2, -0.15) is 0 Å². The van der Waals surface area contributed by atoms with Crippen LogP contribution in [0.2, 0.25) is 0 Å². The monoisotopic (exact) mass is 729 g/mol. The van der Waals surface area contributed by atoms with E-state index in [0.717, 1.165) is 54.1 Å². The topological polar surface area (TPSA) is 34.7 Å². The zero-order valence-corrected chi connectivity index (χ0v) is 37.4. The Kier molecular flexibility index (Phi) is 13.4. The minimum absolute atomic E-state index is 0.366. The second-order valence-corrected chi connectivity index (χ2v) is 22.7. The molecule has 0 amide bonds. The van der Waals surface area contributed by atoms with Crippen LogP contribution in [0.4, 0.5) is 0 Å². The maximum atomic E-state index is 3.45. The molecule has 0 aromatic rings. The molecule has 8 atom stereocenters. The molecule has 1 N–H and O–H groups in total. The Morgan fingerprint density at radius 3 is 1.23 bits per heavy atom. The predicted molar refractivity (Wildman–Crippen MR) is 223 cm³/mol. The Bertz CT molecular complexity index is 1090. The molecule has 8 fully saturated rings. The van der Waals surface area contributed by atoms with Gasteiger partial charge in [-0.3, -0.25) is 19.6 Å². The van der Waals surface area contributed by atoms with Crippen LogP contribution < -0.4 is 5.32 Å². The molecule has 8 aliphatic heterocycles. The fraction of sp³-hybridized carbons (Fsp3) is 1.00. The largest absolute Gasteiger partial charge is 0.317 e. The molecule has 8 rings (SSSR count). The van der Waals surface area contributed by atoms with Crippen molar-refractivity contribution >= 4 is 0 Å². The normalized spacial score (nSPS) is 37.7. The molecule has 0 saturated carbocycles. The summed E-state index contributed by atoms with van der Waals surface area (Å²) in [4.78, 5) is 18.3. The van der Waals surface area contributed by atoms with E-state index in [9.17, 15) is 0 Å². The van der Waals surface area contributed by atoms with E-state index in [-0.39, 0.29) is 0 Å². The first-order valence-electron chi connectivity index (χ1n) is 21.8. The third kappa shape index (κ3) is 10.2. The van der Waals surface area contributed by atoms with Gasteiger partial charge in [-0.05, 0) is 168 Å². The van der Waals surface area contributed by atoms with Crippen LogP contribution in [0.3, 0.4) is 0 Å². The van der Waals surface area contributed by atoms with Crippen LogP contribution in [0.15, 0.2) is 0 Å². The number of piperidine rings is 1. The highest BCUT2D eigenvalue weighted by atomic mass is 15.4. The van der Waals surface area contributed by atoms with Gasteiger partial charge in [-0.15, -0.1) is 0 Å². The van der Waals surface area contributed by atoms with E-state index in [4.69, 9.17) is 0 Å². The second kappa shape index (κ2) is 16.3. The predicted octanol–water partition coefficient (Wildman–Crippen LogP) is 6.01. The maximum absolute atomic E-state index is 3.45. The molecule has 8 nitrogen and oxygen atoms in total. The molecule has 0 aromatic carbocycles. The number of nitrogens with zero attached hydrogens (tertiary/aromatic N) is 7. The summed E-state index contributed by atoms with van der Waals surface area (Å²) in [6.45, 7) is 38.5. The van der Waals surface area contributed by atoms with Crippen LogP contribution in [0.5, 0.6) is 0 Å². The van der Waals surface area contributed by atoms with E-state index in [1.54, 1.807) is 0 Å². The van der Waals surface area contributed by atoms with E-state index in [2.05, 4.69) is 151 Å². The quantitative estimate of drug-likeness (QED) is 0.352. The van der Waals surface area contributed by atoms with Gasteiger partial charge >= 0.3 is 0 Å². The van der Waals surface area contributed by atoms with E-state index >= 15 is 0 Å². The van der Waals surface area contributed by atoms with Crippen molar-refractivity contribution in [2.75, 3.05) is 80.5 Å². The fourth-order valence-electron chi connectivity index (χ4n) is 12.2. The van der Waals surface area contributed by atoms with Crippen molar-refractivity contribution in [2.24, 2.45) is 11.8 Å². The summed E-state index contributed by atoms with van der Waals surface area (Å²) in [7, 11) is 8.87. The minimum atomic E-state index is 0.366. The average molecular weight is 729 g/mol. The number of nitrogens with one attached hydrogen (secondary N) is 1. The van der Waals surface area contributed by atoms with Gasteiger partial charge in [0.15, 0.2) is 0 Å². The molecule has 0 radical (unpaired) electrons. The molecule has 8 saturated heterocycles. The lowest BCUT2D eigenvalue weighted by atomic mass is 9.92. The number of hydrogen-bond donors (Lipinski definition) is 1. The molecule has 0 aliphatic carbocycles. The minimum Gasteiger partial charge on any atom is -0.317 e. The smallest absolute Gasteiger partial charge is 0.0244 e. The molecular formula is C44H88N8. The molecule has 6 bridgehead atoms. The van der Waals surface area contributed by atoms with Gasteiger partial charge in [0.2, 0.25) is 0 Å². The molecule has 8 heteroatoms. The van der Waals surface area contributed by atoms with Gasteiger partial charge in [0.05, 0.1) is 0 Å². The first-order valence-corrected chi connectivity index (χ1v) is 21.8. The van der Waals surface area contributed by atoms with Crippen molar-refractivity contribution in [3.05, 3.63) is 0 Å². The Hall–Kier alpha value is -0.320. The van der Waals surface area contributed by atoms with Crippen molar-refractivity contribution in [1.82, 2.24) is 39.6 Å². The van der Waals surface area contributed by atoms with Crippen LogP contribution in [0, 0.1) is 11.8 Å². The van der Waals surface area contributed by atoms with Crippen molar-refractivity contribution in [1.29, 1.82) is 0 Å². The summed E-state index contributed by atoms with van der Waals surface area (Å²) >= 11 is 0. The summed E-state index contributed by atoms with van der Waals surface area (Å²) in [5.74, 6) is 1.90. The van der Waals surface area contributed by atoms with Gasteiger partial charge in [0, 0.05) is 117 Å². The summed E-state index contributed by atoms with van der Waals surface area (Å²) in [5.41, 5.74) is 1.49. The highest BCUT2D eigenvalue weighted by Crippen LogP contribution is 2.41. The van der Waals surface area contributed by atoms with Crippen LogP contribution in [-0.2, 0) is 0 Å². The number of fused-ring (bicyclic) bond motifs is 7. The summed E-state index contributed by atoms with van der Waals surface area (Å²) in [6, 6.07) is 5.77. The summed E-state index contributed by atoms with van der Waals surface area (Å²) < 4.78 is 0. The number of likely N-dealkylation sites (tertiary alicyclic amines) is 5. The Morgan fingerprint density at radius 2 is 0.865 bits per heavy atom. The molecule has 0 spiro atoms. The van der Waals surface area contributed by atoms with Gasteiger partial charge in [0.1, 0.15) is 0 Å². The fourth-order valence-corrected chi connectivity index (χ4v) is 12.2. The zero-order chi connectivity index (χ0) is 38.6. The number of likely N-dealkylation sites (N-methyl/N-ethyl adjacent to an activating group) is 2. The highest BCUT2D eigenvalue weighted by Gasteiger charge is 2.47. The Morgan fingerprint density at radius 1 is 0.423 bits per heavy atom. The molecule has 0 aromatic heterocycles. The van der Waals surface area contributed by atoms with E-state index in [0.29, 0.717) is 22.2 Å². The van der Waals surface area contributed by atoms with Gasteiger partial charge in [0.25, 0.3) is 0 Å². The first kappa shape index (κ1) is 42.8. The van der Waals surface area contributed by atoms with Crippen molar-refractivity contribution in [3.8, 4) is 0 Å². The van der Waals surface area contributed by atoms with E-state index < -0.39 is 0 Å². The molecule has 8 aliphatic rings. The second-order valence-electron chi connectivity index (χ2n) is 22.7. The maximum Gasteiger partial charge on any atom is 0.0244 e. The zero-order valence-electron chi connectivity index (χ0n) is 37.4. The molecule has 52 heavy (non-hydrogen) atoms. The lowest BCUT2D eigenvalue weighted by Gasteiger charge is -2.47. The number of rotatable bonds is 1. The molecular weight excluding hydrogens is 641 g/mol. The number of hydrogen-bond acceptors (Lipinski definition) is 8. The first-order chi connectivity index (χ1) is 23.9. The van der Waals surface area contributed by atoms with Crippen molar-refractivity contribution < 1.29 is 0 Å². The summed E-state index contributed by atoms with van der Waals surface area (Å²) in [6.07, 6.45) is 9.75. The molecule has 8 heterocycles. The van der Waals surface area contributed by atoms with Gasteiger partial charge in [-0.25, -0.2) is 0 Å². The SMILES string of the molecule is CN1CC2CC1CN2C(C)(C)C.CN1CC2CCC(C1)N2C(C)(C)C.CN1CC2CN(C(C)(C)C)CC2C1.CNC1CC2CCC(C1)N2C(C)(C)C. The summed E-state index contributed by atoms with van der Waals surface area (Å²) in [5, 5.41) is 3.45. The number of piperazine rings is 2. The molecule has 8 unspecified atom stereocenters. The lowest BCUT2D eigenvalue weighted by Crippen LogP contribution is -2.58.